The highest BCUT2D eigenvalue weighted by atomic mass is 16.2. The molecule has 2 rings (SSSR count). The second-order valence-corrected chi connectivity index (χ2v) is 4.50. The van der Waals surface area contributed by atoms with E-state index in [9.17, 15) is 9.59 Å². The number of rotatable bonds is 3. The molecule has 0 spiro atoms. The molecule has 18 heavy (non-hydrogen) atoms. The van der Waals surface area contributed by atoms with Gasteiger partial charge in [-0.3, -0.25) is 14.5 Å². The lowest BCUT2D eigenvalue weighted by molar-refractivity contribution is -0.128. The van der Waals surface area contributed by atoms with Gasteiger partial charge in [0.1, 0.15) is 0 Å². The molecule has 2 heterocycles. The molecule has 0 saturated carbocycles. The lowest BCUT2D eigenvalue weighted by atomic mass is 10.2. The smallest absolute Gasteiger partial charge is 0.250 e. The number of carbonyl (C=O) groups is 1. The number of carbonyl (C=O) groups excluding carboxylic acids is 1. The van der Waals surface area contributed by atoms with Crippen molar-refractivity contribution in [2.75, 3.05) is 25.4 Å². The summed E-state index contributed by atoms with van der Waals surface area (Å²) in [6.07, 6.45) is 1.64. The zero-order valence-corrected chi connectivity index (χ0v) is 10.4. The molecule has 0 radical (unpaired) electrons. The molecule has 1 aliphatic rings. The summed E-state index contributed by atoms with van der Waals surface area (Å²) in [7, 11) is 0. The van der Waals surface area contributed by atoms with Gasteiger partial charge < -0.3 is 15.6 Å². The van der Waals surface area contributed by atoms with Crippen molar-refractivity contribution in [1.82, 2.24) is 14.8 Å². The summed E-state index contributed by atoms with van der Waals surface area (Å²) < 4.78 is 1.58. The number of nitrogens with zero attached hydrogens (tertiary/aromatic N) is 2. The molecule has 1 fully saturated rings. The van der Waals surface area contributed by atoms with Crippen molar-refractivity contribution in [2.45, 2.75) is 19.5 Å². The second kappa shape index (κ2) is 5.22. The zero-order chi connectivity index (χ0) is 13.1. The van der Waals surface area contributed by atoms with Gasteiger partial charge >= 0.3 is 0 Å². The molecule has 0 aromatic carbocycles. The topological polar surface area (TPSA) is 80.4 Å². The average Bonchev–Trinajstić information content (AvgIpc) is 2.35. The highest BCUT2D eigenvalue weighted by Crippen LogP contribution is 2.04. The van der Waals surface area contributed by atoms with Gasteiger partial charge in [-0.05, 0) is 13.0 Å². The van der Waals surface area contributed by atoms with E-state index >= 15 is 0 Å². The average molecular weight is 250 g/mol. The van der Waals surface area contributed by atoms with Crippen LogP contribution in [-0.4, -0.2) is 41.1 Å². The Labute approximate surface area is 105 Å². The summed E-state index contributed by atoms with van der Waals surface area (Å²) in [5.41, 5.74) is 6.15. The SMILES string of the molecule is CC1C(=O)NCCN1CCn1cc(N)ccc1=O. The van der Waals surface area contributed by atoms with Crippen LogP contribution in [0.1, 0.15) is 6.92 Å². The second-order valence-electron chi connectivity index (χ2n) is 4.50. The molecule has 1 unspecified atom stereocenters. The maximum Gasteiger partial charge on any atom is 0.250 e. The molecular formula is C12H18N4O2. The zero-order valence-electron chi connectivity index (χ0n) is 10.4. The molecular weight excluding hydrogens is 232 g/mol. The van der Waals surface area contributed by atoms with E-state index in [-0.39, 0.29) is 17.5 Å². The highest BCUT2D eigenvalue weighted by Gasteiger charge is 2.24. The fraction of sp³-hybridized carbons (Fsp3) is 0.500. The molecule has 98 valence electrons. The fourth-order valence-electron chi connectivity index (χ4n) is 2.10. The summed E-state index contributed by atoms with van der Waals surface area (Å²) >= 11 is 0. The quantitative estimate of drug-likeness (QED) is 0.740. The third-order valence-corrected chi connectivity index (χ3v) is 3.26. The van der Waals surface area contributed by atoms with Crippen molar-refractivity contribution in [2.24, 2.45) is 0 Å². The number of anilines is 1. The first-order chi connectivity index (χ1) is 8.58. The minimum atomic E-state index is -0.143. The predicted octanol–water partition coefficient (Wildman–Crippen LogP) is -0.749. The van der Waals surface area contributed by atoms with Crippen LogP contribution in [0.4, 0.5) is 5.69 Å². The minimum Gasteiger partial charge on any atom is -0.398 e. The van der Waals surface area contributed by atoms with E-state index in [0.717, 1.165) is 6.54 Å². The van der Waals surface area contributed by atoms with E-state index < -0.39 is 0 Å². The van der Waals surface area contributed by atoms with E-state index in [1.165, 1.54) is 6.07 Å². The van der Waals surface area contributed by atoms with Gasteiger partial charge in [-0.1, -0.05) is 0 Å². The Balaban J connectivity index is 2.01. The van der Waals surface area contributed by atoms with Gasteiger partial charge in [-0.2, -0.15) is 0 Å². The summed E-state index contributed by atoms with van der Waals surface area (Å²) in [5.74, 6) is 0.0428. The third kappa shape index (κ3) is 2.70. The molecule has 0 bridgehead atoms. The van der Waals surface area contributed by atoms with Crippen LogP contribution in [0.5, 0.6) is 0 Å². The van der Waals surface area contributed by atoms with Crippen molar-refractivity contribution in [3.05, 3.63) is 28.7 Å². The van der Waals surface area contributed by atoms with Crippen molar-refractivity contribution >= 4 is 11.6 Å². The Kier molecular flexibility index (Phi) is 3.66. The summed E-state index contributed by atoms with van der Waals surface area (Å²) in [6, 6.07) is 2.91. The first-order valence-corrected chi connectivity index (χ1v) is 6.05. The van der Waals surface area contributed by atoms with Crippen LogP contribution >= 0.6 is 0 Å². The van der Waals surface area contributed by atoms with Crippen molar-refractivity contribution in [1.29, 1.82) is 0 Å². The molecule has 6 nitrogen and oxygen atoms in total. The van der Waals surface area contributed by atoms with Crippen molar-refractivity contribution in [3.8, 4) is 0 Å². The van der Waals surface area contributed by atoms with Crippen LogP contribution in [0, 0.1) is 0 Å². The molecule has 1 amide bonds. The van der Waals surface area contributed by atoms with E-state index in [2.05, 4.69) is 10.2 Å². The molecule has 1 atom stereocenters. The van der Waals surface area contributed by atoms with Gasteiger partial charge in [0.2, 0.25) is 5.91 Å². The van der Waals surface area contributed by atoms with Crippen LogP contribution in [0.15, 0.2) is 23.1 Å². The number of amides is 1. The van der Waals surface area contributed by atoms with Gasteiger partial charge in [0.25, 0.3) is 5.56 Å². The van der Waals surface area contributed by atoms with Gasteiger partial charge in [-0.15, -0.1) is 0 Å². The lowest BCUT2D eigenvalue weighted by Gasteiger charge is -2.32. The van der Waals surface area contributed by atoms with Crippen LogP contribution in [-0.2, 0) is 11.3 Å². The Bertz CT molecular complexity index is 497. The number of nitrogens with two attached hydrogens (primary N) is 1. The number of nitrogen functional groups attached to an aromatic ring is 1. The fourth-order valence-corrected chi connectivity index (χ4v) is 2.10. The molecule has 6 heteroatoms. The van der Waals surface area contributed by atoms with E-state index in [0.29, 0.717) is 25.3 Å². The summed E-state index contributed by atoms with van der Waals surface area (Å²) in [6.45, 7) is 4.55. The number of nitrogens with one attached hydrogen (secondary N) is 1. The van der Waals surface area contributed by atoms with Crippen molar-refractivity contribution < 1.29 is 4.79 Å². The predicted molar refractivity (Wildman–Crippen MR) is 69.2 cm³/mol. The molecule has 1 aromatic heterocycles. The minimum absolute atomic E-state index is 0.0428. The van der Waals surface area contributed by atoms with Gasteiger partial charge in [0.05, 0.1) is 6.04 Å². The monoisotopic (exact) mass is 250 g/mol. The number of pyridine rings is 1. The molecule has 1 aromatic rings. The van der Waals surface area contributed by atoms with Crippen molar-refractivity contribution in [3.63, 3.8) is 0 Å². The van der Waals surface area contributed by atoms with E-state index in [1.54, 1.807) is 16.8 Å². The Morgan fingerprint density at radius 2 is 2.17 bits per heavy atom. The maximum absolute atomic E-state index is 11.6. The summed E-state index contributed by atoms with van der Waals surface area (Å²) in [5, 5.41) is 2.81. The van der Waals surface area contributed by atoms with Crippen LogP contribution < -0.4 is 16.6 Å². The molecule has 0 aliphatic carbocycles. The molecule has 3 N–H and O–H groups in total. The Hall–Kier alpha value is -1.82. The number of hydrogen-bond acceptors (Lipinski definition) is 4. The van der Waals surface area contributed by atoms with Crippen LogP contribution in [0.25, 0.3) is 0 Å². The largest absolute Gasteiger partial charge is 0.398 e. The standard InChI is InChI=1S/C12H18N4O2/c1-9-12(18)14-4-5-15(9)6-7-16-8-10(13)2-3-11(16)17/h2-3,8-9H,4-7,13H2,1H3,(H,14,18). The number of aromatic nitrogens is 1. The number of piperazine rings is 1. The van der Waals surface area contributed by atoms with Crippen LogP contribution in [0.3, 0.4) is 0 Å². The molecule has 1 aliphatic heterocycles. The summed E-state index contributed by atoms with van der Waals surface area (Å²) in [4.78, 5) is 25.2. The molecule has 1 saturated heterocycles. The van der Waals surface area contributed by atoms with Gasteiger partial charge in [-0.25, -0.2) is 0 Å². The normalized spacial score (nSPS) is 20.7. The van der Waals surface area contributed by atoms with Crippen LogP contribution in [0.2, 0.25) is 0 Å². The first kappa shape index (κ1) is 12.6. The number of hydrogen-bond donors (Lipinski definition) is 2. The third-order valence-electron chi connectivity index (χ3n) is 3.26. The van der Waals surface area contributed by atoms with Gasteiger partial charge in [0.15, 0.2) is 0 Å². The highest BCUT2D eigenvalue weighted by molar-refractivity contribution is 5.81. The van der Waals surface area contributed by atoms with E-state index in [1.807, 2.05) is 6.92 Å². The van der Waals surface area contributed by atoms with Gasteiger partial charge in [0, 0.05) is 44.1 Å². The first-order valence-electron chi connectivity index (χ1n) is 6.05. The Morgan fingerprint density at radius 3 is 2.94 bits per heavy atom. The Morgan fingerprint density at radius 1 is 1.39 bits per heavy atom. The maximum atomic E-state index is 11.6. The van der Waals surface area contributed by atoms with E-state index in [4.69, 9.17) is 5.73 Å². The lowest BCUT2D eigenvalue weighted by Crippen LogP contribution is -2.54.